The van der Waals surface area contributed by atoms with Gasteiger partial charge in [0.1, 0.15) is 4.90 Å². The van der Waals surface area contributed by atoms with E-state index in [2.05, 4.69) is 31.9 Å². The van der Waals surface area contributed by atoms with E-state index in [9.17, 15) is 18.5 Å². The lowest BCUT2D eigenvalue weighted by molar-refractivity contribution is -0.385. The van der Waals surface area contributed by atoms with Crippen LogP contribution in [0, 0.1) is 10.1 Å². The fraction of sp³-hybridized carbons (Fsp3) is 0. The molecule has 0 saturated heterocycles. The zero-order valence-corrected chi connectivity index (χ0v) is 14.2. The van der Waals surface area contributed by atoms with Gasteiger partial charge in [0.05, 0.1) is 4.92 Å². The Balaban J connectivity index is 2.48. The molecule has 6 nitrogen and oxygen atoms in total. The Hall–Kier alpha value is -1.45. The highest BCUT2D eigenvalue weighted by Gasteiger charge is 2.25. The number of halogens is 2. The summed E-state index contributed by atoms with van der Waals surface area (Å²) in [4.78, 5) is 10.0. The number of nitro groups is 1. The summed E-state index contributed by atoms with van der Waals surface area (Å²) in [5.41, 5.74) is -0.424. The molecule has 0 unspecified atom stereocenters. The molecular weight excluding hydrogens is 430 g/mol. The summed E-state index contributed by atoms with van der Waals surface area (Å²) in [6.45, 7) is 0. The predicted octanol–water partition coefficient (Wildman–Crippen LogP) is 3.89. The normalized spacial score (nSPS) is 11.1. The lowest BCUT2D eigenvalue weighted by atomic mass is 10.3. The van der Waals surface area contributed by atoms with Gasteiger partial charge in [0.15, 0.2) is 0 Å². The van der Waals surface area contributed by atoms with E-state index in [0.29, 0.717) is 8.95 Å². The Bertz CT molecular complexity index is 807. The molecule has 0 aliphatic carbocycles. The molecule has 0 aliphatic rings. The molecule has 9 heteroatoms. The van der Waals surface area contributed by atoms with Crippen LogP contribution in [0.4, 0.5) is 5.69 Å². The second-order valence-corrected chi connectivity index (χ2v) is 7.12. The first kappa shape index (κ1) is 15.9. The molecule has 0 radical (unpaired) electrons. The maximum absolute atomic E-state index is 12.3. The summed E-state index contributed by atoms with van der Waals surface area (Å²) in [6, 6.07) is 9.78. The number of rotatable bonds is 4. The third kappa shape index (κ3) is 3.60. The van der Waals surface area contributed by atoms with Crippen molar-refractivity contribution in [3.05, 3.63) is 61.5 Å². The number of nitro benzene ring substituents is 1. The van der Waals surface area contributed by atoms with Crippen molar-refractivity contribution in [3.8, 4) is 5.75 Å². The minimum atomic E-state index is -4.20. The predicted molar refractivity (Wildman–Crippen MR) is 82.8 cm³/mol. The fourth-order valence-electron chi connectivity index (χ4n) is 1.51. The molecule has 0 aromatic heterocycles. The second-order valence-electron chi connectivity index (χ2n) is 3.84. The summed E-state index contributed by atoms with van der Waals surface area (Å²) < 4.78 is 30.2. The monoisotopic (exact) mass is 435 g/mol. The van der Waals surface area contributed by atoms with Crippen LogP contribution in [0.15, 0.2) is 56.3 Å². The van der Waals surface area contributed by atoms with E-state index in [1.54, 1.807) is 6.07 Å². The largest absolute Gasteiger partial charge is 0.372 e. The van der Waals surface area contributed by atoms with Crippen molar-refractivity contribution in [3.63, 3.8) is 0 Å². The van der Waals surface area contributed by atoms with Gasteiger partial charge in [-0.1, -0.05) is 28.1 Å². The average Bonchev–Trinajstić information content (AvgIpc) is 2.41. The first-order valence-electron chi connectivity index (χ1n) is 5.44. The van der Waals surface area contributed by atoms with Gasteiger partial charge in [-0.25, -0.2) is 0 Å². The Labute approximate surface area is 137 Å². The van der Waals surface area contributed by atoms with E-state index in [-0.39, 0.29) is 10.6 Å². The molecule has 0 aliphatic heterocycles. The Morgan fingerprint density at radius 3 is 2.43 bits per heavy atom. The molecule has 2 aromatic rings. The van der Waals surface area contributed by atoms with Gasteiger partial charge in [-0.15, -0.1) is 0 Å². The highest BCUT2D eigenvalue weighted by atomic mass is 79.9. The summed E-state index contributed by atoms with van der Waals surface area (Å²) in [5.74, 6) is -0.339. The summed E-state index contributed by atoms with van der Waals surface area (Å²) in [7, 11) is -4.20. The standard InChI is InChI=1S/C12H7Br2NO5S/c13-8-5-6-9(14)12(7-8)21(18,19)20-11-4-2-1-3-10(11)15(16)17/h1-7H. The highest BCUT2D eigenvalue weighted by molar-refractivity contribution is 9.11. The van der Waals surface area contributed by atoms with Crippen LogP contribution in [-0.2, 0) is 10.1 Å². The zero-order chi connectivity index (χ0) is 15.6. The number of para-hydroxylation sites is 2. The first-order chi connectivity index (χ1) is 9.81. The molecule has 0 fully saturated rings. The lowest BCUT2D eigenvalue weighted by Crippen LogP contribution is -2.11. The molecule has 0 bridgehead atoms. The van der Waals surface area contributed by atoms with Crippen LogP contribution in [0.1, 0.15) is 0 Å². The van der Waals surface area contributed by atoms with E-state index in [1.165, 1.54) is 36.4 Å². The zero-order valence-electron chi connectivity index (χ0n) is 10.2. The van der Waals surface area contributed by atoms with Crippen molar-refractivity contribution in [1.82, 2.24) is 0 Å². The SMILES string of the molecule is O=[N+]([O-])c1ccccc1OS(=O)(=O)c1cc(Br)ccc1Br. The van der Waals surface area contributed by atoms with Gasteiger partial charge in [-0.2, -0.15) is 8.42 Å². The molecule has 0 heterocycles. The van der Waals surface area contributed by atoms with E-state index in [0.717, 1.165) is 0 Å². The van der Waals surface area contributed by atoms with Crippen molar-refractivity contribution in [2.24, 2.45) is 0 Å². The molecule has 110 valence electrons. The average molecular weight is 437 g/mol. The number of hydrogen-bond acceptors (Lipinski definition) is 5. The Kier molecular flexibility index (Phi) is 4.64. The van der Waals surface area contributed by atoms with Gasteiger partial charge in [0, 0.05) is 15.0 Å². The van der Waals surface area contributed by atoms with E-state index in [4.69, 9.17) is 4.18 Å². The summed E-state index contributed by atoms with van der Waals surface area (Å²) in [6.07, 6.45) is 0. The van der Waals surface area contributed by atoms with Crippen molar-refractivity contribution in [2.45, 2.75) is 4.90 Å². The van der Waals surface area contributed by atoms with Crippen molar-refractivity contribution < 1.29 is 17.5 Å². The van der Waals surface area contributed by atoms with Crippen molar-refractivity contribution in [2.75, 3.05) is 0 Å². The van der Waals surface area contributed by atoms with Crippen molar-refractivity contribution >= 4 is 47.7 Å². The molecule has 0 spiro atoms. The van der Waals surface area contributed by atoms with E-state index in [1.807, 2.05) is 0 Å². The van der Waals surface area contributed by atoms with Gasteiger partial charge in [-0.3, -0.25) is 10.1 Å². The van der Waals surface area contributed by atoms with Gasteiger partial charge >= 0.3 is 15.8 Å². The van der Waals surface area contributed by atoms with Gasteiger partial charge in [0.2, 0.25) is 5.75 Å². The van der Waals surface area contributed by atoms with Crippen LogP contribution in [0.5, 0.6) is 5.75 Å². The van der Waals surface area contributed by atoms with E-state index < -0.39 is 20.7 Å². The van der Waals surface area contributed by atoms with Crippen LogP contribution in [-0.4, -0.2) is 13.3 Å². The minimum absolute atomic E-state index is 0.130. The molecule has 0 amide bonds. The number of benzene rings is 2. The van der Waals surface area contributed by atoms with Crippen molar-refractivity contribution in [1.29, 1.82) is 0 Å². The van der Waals surface area contributed by atoms with Crippen LogP contribution in [0.25, 0.3) is 0 Å². The van der Waals surface area contributed by atoms with E-state index >= 15 is 0 Å². The highest BCUT2D eigenvalue weighted by Crippen LogP contribution is 2.32. The molecule has 2 rings (SSSR count). The quantitative estimate of drug-likeness (QED) is 0.412. The Morgan fingerprint density at radius 2 is 1.76 bits per heavy atom. The maximum Gasteiger partial charge on any atom is 0.340 e. The molecular formula is C12H7Br2NO5S. The fourth-order valence-corrected chi connectivity index (χ4v) is 3.91. The third-order valence-corrected chi connectivity index (χ3v) is 5.15. The first-order valence-corrected chi connectivity index (χ1v) is 8.43. The summed E-state index contributed by atoms with van der Waals surface area (Å²) >= 11 is 6.28. The number of hydrogen-bond donors (Lipinski definition) is 0. The van der Waals surface area contributed by atoms with Gasteiger partial charge in [-0.05, 0) is 40.2 Å². The van der Waals surface area contributed by atoms with Crippen LogP contribution < -0.4 is 4.18 Å². The maximum atomic E-state index is 12.3. The smallest absolute Gasteiger partial charge is 0.340 e. The van der Waals surface area contributed by atoms with Crippen LogP contribution in [0.3, 0.4) is 0 Å². The Morgan fingerprint density at radius 1 is 1.10 bits per heavy atom. The lowest BCUT2D eigenvalue weighted by Gasteiger charge is -2.09. The molecule has 0 saturated carbocycles. The van der Waals surface area contributed by atoms with Gasteiger partial charge in [0.25, 0.3) is 0 Å². The molecule has 0 N–H and O–H groups in total. The molecule has 21 heavy (non-hydrogen) atoms. The minimum Gasteiger partial charge on any atom is -0.372 e. The van der Waals surface area contributed by atoms with Crippen LogP contribution in [0.2, 0.25) is 0 Å². The topological polar surface area (TPSA) is 86.5 Å². The number of nitrogens with zero attached hydrogens (tertiary/aromatic N) is 1. The van der Waals surface area contributed by atoms with Crippen LogP contribution >= 0.6 is 31.9 Å². The third-order valence-electron chi connectivity index (χ3n) is 2.42. The molecule has 2 aromatic carbocycles. The van der Waals surface area contributed by atoms with Gasteiger partial charge < -0.3 is 4.18 Å². The summed E-state index contributed by atoms with van der Waals surface area (Å²) in [5, 5.41) is 10.9. The second kappa shape index (κ2) is 6.12. The molecule has 0 atom stereocenters.